The molecule has 0 amide bonds. The van der Waals surface area contributed by atoms with Gasteiger partial charge in [-0.25, -0.2) is 9.97 Å². The number of hydrogen-bond acceptors (Lipinski definition) is 6. The molecule has 2 aromatic heterocycles. The second-order valence-electron chi connectivity index (χ2n) is 4.43. The van der Waals surface area contributed by atoms with Gasteiger partial charge in [-0.3, -0.25) is 0 Å². The van der Waals surface area contributed by atoms with Crippen LogP contribution in [0.4, 0.5) is 5.82 Å². The fraction of sp³-hybridized carbons (Fsp3) is 0.455. The Labute approximate surface area is 113 Å². The smallest absolute Gasteiger partial charge is 0.225 e. The lowest BCUT2D eigenvalue weighted by Crippen LogP contribution is -2.37. The van der Waals surface area contributed by atoms with Crippen molar-refractivity contribution in [3.05, 3.63) is 16.2 Å². The van der Waals surface area contributed by atoms with Crippen molar-refractivity contribution in [3.8, 4) is 0 Å². The van der Waals surface area contributed by atoms with Crippen LogP contribution >= 0.6 is 22.9 Å². The number of fused-ring (bicyclic) bond motifs is 1. The van der Waals surface area contributed by atoms with Crippen LogP contribution in [0.3, 0.4) is 0 Å². The number of rotatable bonds is 4. The van der Waals surface area contributed by atoms with Gasteiger partial charge in [-0.05, 0) is 31.5 Å². The fourth-order valence-electron chi connectivity index (χ4n) is 1.48. The summed E-state index contributed by atoms with van der Waals surface area (Å²) >= 11 is 7.38. The standard InChI is InChI=1S/C11H14ClN3O2S/c1-6-3-7-8(13-4-11(2,17)5-16)14-10(12)15-9(7)18-6/h3,16-17H,4-5H2,1-2H3,(H,13,14,15). The quantitative estimate of drug-likeness (QED) is 0.748. The van der Waals surface area contributed by atoms with Gasteiger partial charge in [-0.15, -0.1) is 11.3 Å². The number of thiophene rings is 1. The Bertz CT molecular complexity index is 571. The van der Waals surface area contributed by atoms with Crippen molar-refractivity contribution in [1.82, 2.24) is 9.97 Å². The molecule has 0 fully saturated rings. The molecule has 7 heteroatoms. The minimum absolute atomic E-state index is 0.162. The third-order valence-corrected chi connectivity index (χ3v) is 3.58. The van der Waals surface area contributed by atoms with Gasteiger partial charge in [-0.2, -0.15) is 0 Å². The van der Waals surface area contributed by atoms with Gasteiger partial charge in [0.25, 0.3) is 0 Å². The second kappa shape index (κ2) is 4.97. The van der Waals surface area contributed by atoms with Crippen LogP contribution in [-0.4, -0.2) is 38.9 Å². The van der Waals surface area contributed by atoms with E-state index < -0.39 is 5.60 Å². The molecule has 0 aromatic carbocycles. The molecule has 0 aliphatic carbocycles. The summed E-state index contributed by atoms with van der Waals surface area (Å²) in [4.78, 5) is 10.2. The first-order valence-electron chi connectivity index (χ1n) is 5.42. The molecule has 0 aliphatic heterocycles. The fourth-order valence-corrected chi connectivity index (χ4v) is 2.58. The SMILES string of the molecule is Cc1cc2c(NCC(C)(O)CO)nc(Cl)nc2s1. The second-order valence-corrected chi connectivity index (χ2v) is 6.00. The first-order chi connectivity index (χ1) is 8.41. The van der Waals surface area contributed by atoms with Gasteiger partial charge in [0.2, 0.25) is 5.28 Å². The highest BCUT2D eigenvalue weighted by molar-refractivity contribution is 7.18. The third kappa shape index (κ3) is 2.89. The average molecular weight is 288 g/mol. The Hall–Kier alpha value is -0.950. The molecule has 2 rings (SSSR count). The predicted molar refractivity (Wildman–Crippen MR) is 73.4 cm³/mol. The molecule has 18 heavy (non-hydrogen) atoms. The Balaban J connectivity index is 2.32. The lowest BCUT2D eigenvalue weighted by atomic mass is 10.1. The summed E-state index contributed by atoms with van der Waals surface area (Å²) in [5.74, 6) is 0.572. The van der Waals surface area contributed by atoms with Crippen molar-refractivity contribution >= 4 is 39.0 Å². The summed E-state index contributed by atoms with van der Waals surface area (Å²) in [5, 5.41) is 22.8. The predicted octanol–water partition coefficient (Wildman–Crippen LogP) is 1.81. The average Bonchev–Trinajstić information content (AvgIpc) is 2.66. The Morgan fingerprint density at radius 3 is 2.89 bits per heavy atom. The van der Waals surface area contributed by atoms with E-state index in [1.807, 2.05) is 13.0 Å². The zero-order chi connectivity index (χ0) is 13.3. The first kappa shape index (κ1) is 13.5. The molecule has 2 aromatic rings. The number of hydrogen-bond donors (Lipinski definition) is 3. The highest BCUT2D eigenvalue weighted by atomic mass is 35.5. The highest BCUT2D eigenvalue weighted by Crippen LogP contribution is 2.29. The maximum atomic E-state index is 9.74. The number of halogens is 1. The number of aromatic nitrogens is 2. The molecule has 0 saturated heterocycles. The lowest BCUT2D eigenvalue weighted by Gasteiger charge is -2.21. The van der Waals surface area contributed by atoms with E-state index in [0.29, 0.717) is 5.82 Å². The molecule has 1 atom stereocenters. The van der Waals surface area contributed by atoms with Crippen LogP contribution in [0.5, 0.6) is 0 Å². The number of nitrogens with one attached hydrogen (secondary N) is 1. The number of nitrogens with zero attached hydrogens (tertiary/aromatic N) is 2. The van der Waals surface area contributed by atoms with Crippen LogP contribution in [0.25, 0.3) is 10.2 Å². The van der Waals surface area contributed by atoms with Crippen molar-refractivity contribution in [2.75, 3.05) is 18.5 Å². The van der Waals surface area contributed by atoms with E-state index in [0.717, 1.165) is 15.1 Å². The molecule has 0 spiro atoms. The van der Waals surface area contributed by atoms with Crippen LogP contribution in [0.15, 0.2) is 6.07 Å². The van der Waals surface area contributed by atoms with Gasteiger partial charge in [-0.1, -0.05) is 0 Å². The van der Waals surface area contributed by atoms with Crippen molar-refractivity contribution in [1.29, 1.82) is 0 Å². The van der Waals surface area contributed by atoms with E-state index in [1.165, 1.54) is 11.3 Å². The maximum Gasteiger partial charge on any atom is 0.225 e. The molecule has 3 N–H and O–H groups in total. The van der Waals surface area contributed by atoms with E-state index in [-0.39, 0.29) is 18.4 Å². The van der Waals surface area contributed by atoms with Crippen LogP contribution in [0, 0.1) is 6.92 Å². The summed E-state index contributed by atoms with van der Waals surface area (Å²) in [6.07, 6.45) is 0. The van der Waals surface area contributed by atoms with Crippen molar-refractivity contribution in [3.63, 3.8) is 0 Å². The summed E-state index contributed by atoms with van der Waals surface area (Å²) in [5.41, 5.74) is -1.20. The summed E-state index contributed by atoms with van der Waals surface area (Å²) < 4.78 is 0. The molecule has 0 aliphatic rings. The molecule has 2 heterocycles. The number of aliphatic hydroxyl groups excluding tert-OH is 1. The summed E-state index contributed by atoms with van der Waals surface area (Å²) in [6.45, 7) is 3.37. The van der Waals surface area contributed by atoms with Crippen molar-refractivity contribution < 1.29 is 10.2 Å². The maximum absolute atomic E-state index is 9.74. The minimum Gasteiger partial charge on any atom is -0.393 e. The Kier molecular flexibility index (Phi) is 3.72. The van der Waals surface area contributed by atoms with Gasteiger partial charge < -0.3 is 15.5 Å². The van der Waals surface area contributed by atoms with Gasteiger partial charge in [0.05, 0.1) is 12.0 Å². The molecule has 0 bridgehead atoms. The lowest BCUT2D eigenvalue weighted by molar-refractivity contribution is 0.0132. The van der Waals surface area contributed by atoms with Crippen LogP contribution in [-0.2, 0) is 0 Å². The Morgan fingerprint density at radius 2 is 2.22 bits per heavy atom. The normalized spacial score (nSPS) is 14.7. The van der Waals surface area contributed by atoms with E-state index in [2.05, 4.69) is 15.3 Å². The van der Waals surface area contributed by atoms with Crippen LogP contribution in [0.2, 0.25) is 5.28 Å². The summed E-state index contributed by atoms with van der Waals surface area (Å²) in [6, 6.07) is 1.96. The van der Waals surface area contributed by atoms with Gasteiger partial charge in [0, 0.05) is 11.4 Å². The zero-order valence-electron chi connectivity index (χ0n) is 10.1. The Morgan fingerprint density at radius 1 is 1.50 bits per heavy atom. The highest BCUT2D eigenvalue weighted by Gasteiger charge is 2.19. The molecule has 1 unspecified atom stereocenters. The van der Waals surface area contributed by atoms with E-state index >= 15 is 0 Å². The van der Waals surface area contributed by atoms with Gasteiger partial charge >= 0.3 is 0 Å². The van der Waals surface area contributed by atoms with E-state index in [4.69, 9.17) is 16.7 Å². The van der Waals surface area contributed by atoms with Crippen LogP contribution in [0.1, 0.15) is 11.8 Å². The van der Waals surface area contributed by atoms with E-state index in [1.54, 1.807) is 6.92 Å². The van der Waals surface area contributed by atoms with E-state index in [9.17, 15) is 5.11 Å². The molecule has 5 nitrogen and oxygen atoms in total. The molecule has 98 valence electrons. The molecular formula is C11H14ClN3O2S. The number of aryl methyl sites for hydroxylation is 1. The number of anilines is 1. The number of aliphatic hydroxyl groups is 2. The minimum atomic E-state index is -1.20. The third-order valence-electron chi connectivity index (χ3n) is 2.47. The molecular weight excluding hydrogens is 274 g/mol. The first-order valence-corrected chi connectivity index (χ1v) is 6.61. The van der Waals surface area contributed by atoms with Gasteiger partial charge in [0.15, 0.2) is 0 Å². The largest absolute Gasteiger partial charge is 0.393 e. The summed E-state index contributed by atoms with van der Waals surface area (Å²) in [7, 11) is 0. The van der Waals surface area contributed by atoms with Crippen LogP contribution < -0.4 is 5.32 Å². The van der Waals surface area contributed by atoms with Crippen molar-refractivity contribution in [2.45, 2.75) is 19.4 Å². The zero-order valence-corrected chi connectivity index (χ0v) is 11.6. The monoisotopic (exact) mass is 287 g/mol. The van der Waals surface area contributed by atoms with Gasteiger partial charge in [0.1, 0.15) is 16.2 Å². The molecule has 0 saturated carbocycles. The topological polar surface area (TPSA) is 78.3 Å². The molecule has 0 radical (unpaired) electrons. The van der Waals surface area contributed by atoms with Crippen molar-refractivity contribution in [2.24, 2.45) is 0 Å².